The maximum Gasteiger partial charge on any atom is 0.338 e. The highest BCUT2D eigenvalue weighted by molar-refractivity contribution is 7.14. The Morgan fingerprint density at radius 1 is 1.11 bits per heavy atom. The zero-order chi connectivity index (χ0) is 19.4. The third kappa shape index (κ3) is 4.97. The van der Waals surface area contributed by atoms with Gasteiger partial charge in [-0.15, -0.1) is 11.3 Å². The van der Waals surface area contributed by atoms with E-state index in [2.05, 4.69) is 10.3 Å². The topological polar surface area (TPSA) is 94.3 Å². The van der Waals surface area contributed by atoms with Gasteiger partial charge in [-0.1, -0.05) is 29.3 Å². The lowest BCUT2D eigenvalue weighted by Crippen LogP contribution is -2.20. The van der Waals surface area contributed by atoms with Crippen LogP contribution in [0.25, 0.3) is 11.3 Å². The number of amides is 1. The third-order valence-corrected chi connectivity index (χ3v) is 4.94. The molecule has 3 rings (SSSR count). The van der Waals surface area contributed by atoms with Crippen molar-refractivity contribution in [1.82, 2.24) is 4.98 Å². The van der Waals surface area contributed by atoms with E-state index in [-0.39, 0.29) is 0 Å². The van der Waals surface area contributed by atoms with Crippen LogP contribution in [0, 0.1) is 0 Å². The fourth-order valence-corrected chi connectivity index (χ4v) is 3.14. The number of nitrogens with two attached hydrogens (primary N) is 1. The molecule has 0 aliphatic rings. The van der Waals surface area contributed by atoms with E-state index in [0.29, 0.717) is 32.1 Å². The van der Waals surface area contributed by atoms with E-state index in [1.54, 1.807) is 35.7 Å². The maximum absolute atomic E-state index is 12.0. The fraction of sp³-hybridized carbons (Fsp3) is 0.0556. The Kier molecular flexibility index (Phi) is 5.95. The Hall–Kier alpha value is -2.61. The molecule has 0 unspecified atom stereocenters. The van der Waals surface area contributed by atoms with Crippen LogP contribution < -0.4 is 11.1 Å². The van der Waals surface area contributed by atoms with Crippen molar-refractivity contribution in [1.29, 1.82) is 0 Å². The number of aromatic nitrogens is 1. The molecule has 1 aromatic heterocycles. The van der Waals surface area contributed by atoms with Crippen molar-refractivity contribution in [3.05, 3.63) is 63.5 Å². The molecule has 1 amide bonds. The lowest BCUT2D eigenvalue weighted by atomic mass is 10.2. The number of anilines is 2. The molecule has 1 heterocycles. The average Bonchev–Trinajstić information content (AvgIpc) is 3.11. The Morgan fingerprint density at radius 3 is 2.56 bits per heavy atom. The minimum atomic E-state index is -0.610. The molecule has 3 N–H and O–H groups in total. The van der Waals surface area contributed by atoms with Crippen LogP contribution in [0.4, 0.5) is 10.8 Å². The molecule has 2 aromatic carbocycles. The van der Waals surface area contributed by atoms with Gasteiger partial charge in [-0.25, -0.2) is 9.78 Å². The third-order valence-electron chi connectivity index (χ3n) is 3.45. The summed E-state index contributed by atoms with van der Waals surface area (Å²) >= 11 is 13.1. The van der Waals surface area contributed by atoms with Gasteiger partial charge in [0.25, 0.3) is 5.91 Å². The number of ether oxygens (including phenoxy) is 1. The van der Waals surface area contributed by atoms with Gasteiger partial charge in [-0.3, -0.25) is 10.1 Å². The van der Waals surface area contributed by atoms with Crippen molar-refractivity contribution in [3.8, 4) is 11.3 Å². The van der Waals surface area contributed by atoms with Gasteiger partial charge in [-0.2, -0.15) is 0 Å². The smallest absolute Gasteiger partial charge is 0.338 e. The van der Waals surface area contributed by atoms with Gasteiger partial charge in [0.1, 0.15) is 0 Å². The van der Waals surface area contributed by atoms with Gasteiger partial charge in [0.05, 0.1) is 21.3 Å². The number of nitrogens with one attached hydrogen (secondary N) is 1. The van der Waals surface area contributed by atoms with Crippen molar-refractivity contribution in [2.75, 3.05) is 17.7 Å². The molecule has 6 nitrogen and oxygen atoms in total. The number of esters is 1. The van der Waals surface area contributed by atoms with Gasteiger partial charge >= 0.3 is 5.97 Å². The predicted molar refractivity (Wildman–Crippen MR) is 107 cm³/mol. The van der Waals surface area contributed by atoms with Crippen molar-refractivity contribution >= 4 is 57.2 Å². The number of nitrogens with zero attached hydrogens (tertiary/aromatic N) is 1. The van der Waals surface area contributed by atoms with Crippen LogP contribution in [0.5, 0.6) is 0 Å². The van der Waals surface area contributed by atoms with E-state index in [4.69, 9.17) is 33.7 Å². The van der Waals surface area contributed by atoms with Crippen LogP contribution in [-0.4, -0.2) is 23.5 Å². The van der Waals surface area contributed by atoms with E-state index in [1.165, 1.54) is 23.5 Å². The zero-order valence-electron chi connectivity index (χ0n) is 13.7. The molecule has 0 fully saturated rings. The first kappa shape index (κ1) is 19.2. The van der Waals surface area contributed by atoms with Crippen LogP contribution in [-0.2, 0) is 9.53 Å². The number of nitrogen functional groups attached to an aromatic ring is 1. The summed E-state index contributed by atoms with van der Waals surface area (Å²) in [5, 5.41) is 5.61. The van der Waals surface area contributed by atoms with Gasteiger partial charge in [0, 0.05) is 16.6 Å². The molecule has 3 aromatic rings. The summed E-state index contributed by atoms with van der Waals surface area (Å²) in [6.07, 6.45) is 0. The van der Waals surface area contributed by atoms with Crippen molar-refractivity contribution in [2.45, 2.75) is 0 Å². The first-order chi connectivity index (χ1) is 12.9. The standard InChI is InChI=1S/C18H13Cl2N3O3S/c19-13-6-3-11(7-14(13)20)15-9-27-18(22-15)23-16(24)8-26-17(25)10-1-4-12(21)5-2-10/h1-7,9H,8,21H2,(H,22,23,24). The molecular weight excluding hydrogens is 409 g/mol. The Morgan fingerprint density at radius 2 is 1.85 bits per heavy atom. The number of hydrogen-bond acceptors (Lipinski definition) is 6. The lowest BCUT2D eigenvalue weighted by Gasteiger charge is -2.05. The number of hydrogen-bond donors (Lipinski definition) is 2. The molecule has 9 heteroatoms. The number of carbonyl (C=O) groups is 2. The van der Waals surface area contributed by atoms with Crippen LogP contribution in [0.15, 0.2) is 47.8 Å². The second kappa shape index (κ2) is 8.39. The van der Waals surface area contributed by atoms with Crippen LogP contribution in [0.1, 0.15) is 10.4 Å². The van der Waals surface area contributed by atoms with Gasteiger partial charge in [-0.05, 0) is 36.4 Å². The van der Waals surface area contributed by atoms with Crippen molar-refractivity contribution in [3.63, 3.8) is 0 Å². The van der Waals surface area contributed by atoms with Crippen LogP contribution in [0.2, 0.25) is 10.0 Å². The van der Waals surface area contributed by atoms with E-state index < -0.39 is 18.5 Å². The summed E-state index contributed by atoms with van der Waals surface area (Å²) in [5.74, 6) is -1.10. The average molecular weight is 422 g/mol. The SMILES string of the molecule is Nc1ccc(C(=O)OCC(=O)Nc2nc(-c3ccc(Cl)c(Cl)c3)cs2)cc1. The van der Waals surface area contributed by atoms with Crippen LogP contribution in [0.3, 0.4) is 0 Å². The lowest BCUT2D eigenvalue weighted by molar-refractivity contribution is -0.119. The molecular formula is C18H13Cl2N3O3S. The number of carbonyl (C=O) groups excluding carboxylic acids is 2. The molecule has 27 heavy (non-hydrogen) atoms. The molecule has 0 radical (unpaired) electrons. The minimum Gasteiger partial charge on any atom is -0.452 e. The van der Waals surface area contributed by atoms with Gasteiger partial charge < -0.3 is 10.5 Å². The first-order valence-corrected chi connectivity index (χ1v) is 9.29. The molecule has 0 bridgehead atoms. The molecule has 0 aliphatic heterocycles. The first-order valence-electron chi connectivity index (χ1n) is 7.66. The predicted octanol–water partition coefficient (Wildman–Crippen LogP) is 4.49. The monoisotopic (exact) mass is 421 g/mol. The van der Waals surface area contributed by atoms with E-state index in [1.807, 2.05) is 0 Å². The Balaban J connectivity index is 1.57. The zero-order valence-corrected chi connectivity index (χ0v) is 16.1. The minimum absolute atomic E-state index is 0.313. The van der Waals surface area contributed by atoms with Crippen molar-refractivity contribution in [2.24, 2.45) is 0 Å². The molecule has 0 spiro atoms. The Bertz CT molecular complexity index is 990. The second-order valence-electron chi connectivity index (χ2n) is 5.41. The molecule has 138 valence electrons. The second-order valence-corrected chi connectivity index (χ2v) is 7.09. The summed E-state index contributed by atoms with van der Waals surface area (Å²) < 4.78 is 4.98. The van der Waals surface area contributed by atoms with Crippen molar-refractivity contribution < 1.29 is 14.3 Å². The van der Waals surface area contributed by atoms with E-state index >= 15 is 0 Å². The number of benzene rings is 2. The summed E-state index contributed by atoms with van der Waals surface area (Å²) in [7, 11) is 0. The van der Waals surface area contributed by atoms with E-state index in [0.717, 1.165) is 5.56 Å². The maximum atomic E-state index is 12.0. The quantitative estimate of drug-likeness (QED) is 0.467. The number of rotatable bonds is 5. The highest BCUT2D eigenvalue weighted by Crippen LogP contribution is 2.30. The highest BCUT2D eigenvalue weighted by Gasteiger charge is 2.12. The van der Waals surface area contributed by atoms with Gasteiger partial charge in [0.15, 0.2) is 11.7 Å². The van der Waals surface area contributed by atoms with Gasteiger partial charge in [0.2, 0.25) is 0 Å². The number of halogens is 2. The largest absolute Gasteiger partial charge is 0.452 e. The molecule has 0 aliphatic carbocycles. The summed E-state index contributed by atoms with van der Waals surface area (Å²) in [6, 6.07) is 11.4. The van der Waals surface area contributed by atoms with Crippen LogP contribution >= 0.6 is 34.5 Å². The normalized spacial score (nSPS) is 10.4. The summed E-state index contributed by atoms with van der Waals surface area (Å²) in [6.45, 7) is -0.426. The van der Waals surface area contributed by atoms with E-state index in [9.17, 15) is 9.59 Å². The highest BCUT2D eigenvalue weighted by atomic mass is 35.5. The molecule has 0 atom stereocenters. The number of thiazole rings is 1. The Labute approximate surface area is 168 Å². The molecule has 0 saturated heterocycles. The molecule has 0 saturated carbocycles. The summed E-state index contributed by atoms with van der Waals surface area (Å²) in [5.41, 5.74) is 7.82. The summed E-state index contributed by atoms with van der Waals surface area (Å²) in [4.78, 5) is 28.2. The fourth-order valence-electron chi connectivity index (χ4n) is 2.11.